The highest BCUT2D eigenvalue weighted by atomic mass is 79.9. The van der Waals surface area contributed by atoms with Crippen LogP contribution in [0.3, 0.4) is 0 Å². The first-order chi connectivity index (χ1) is 12.2. The first-order valence-corrected chi connectivity index (χ1v) is 9.23. The van der Waals surface area contributed by atoms with Gasteiger partial charge in [-0.1, -0.05) is 34.1 Å². The molecule has 0 unspecified atom stereocenters. The number of benzene rings is 2. The van der Waals surface area contributed by atoms with Crippen molar-refractivity contribution in [2.45, 2.75) is 18.4 Å². The topological polar surface area (TPSA) is 54.3 Å². The van der Waals surface area contributed by atoms with E-state index in [0.717, 1.165) is 42.8 Å². The third-order valence-corrected chi connectivity index (χ3v) is 5.01. The zero-order valence-electron chi connectivity index (χ0n) is 14.0. The molecule has 2 aromatic carbocycles. The molecule has 4 nitrogen and oxygen atoms in total. The van der Waals surface area contributed by atoms with Crippen LogP contribution in [0.5, 0.6) is 5.75 Å². The van der Waals surface area contributed by atoms with Crippen molar-refractivity contribution in [3.63, 3.8) is 0 Å². The highest BCUT2D eigenvalue weighted by Crippen LogP contribution is 2.33. The Morgan fingerprint density at radius 2 is 1.96 bits per heavy atom. The molecule has 0 amide bonds. The number of rotatable bonds is 6. The van der Waals surface area contributed by atoms with Gasteiger partial charge in [0.25, 0.3) is 0 Å². The summed E-state index contributed by atoms with van der Waals surface area (Å²) in [5.74, 6) is 0.726. The van der Waals surface area contributed by atoms with Crippen LogP contribution in [-0.4, -0.2) is 26.4 Å². The van der Waals surface area contributed by atoms with Crippen molar-refractivity contribution < 1.29 is 9.47 Å². The van der Waals surface area contributed by atoms with Crippen LogP contribution in [0.15, 0.2) is 53.0 Å². The van der Waals surface area contributed by atoms with Gasteiger partial charge in [-0.05, 0) is 48.7 Å². The molecule has 0 aliphatic carbocycles. The van der Waals surface area contributed by atoms with E-state index in [2.05, 4.69) is 45.5 Å². The molecule has 1 aliphatic heterocycles. The second-order valence-electron chi connectivity index (χ2n) is 6.12. The predicted octanol–water partition coefficient (Wildman–Crippen LogP) is 4.00. The molecule has 0 bridgehead atoms. The minimum absolute atomic E-state index is 0.0834. The van der Waals surface area contributed by atoms with Crippen LogP contribution in [0.25, 0.3) is 0 Å². The summed E-state index contributed by atoms with van der Waals surface area (Å²) in [6, 6.07) is 17.8. The minimum atomic E-state index is -0.0834. The molecule has 5 heteroatoms. The van der Waals surface area contributed by atoms with E-state index >= 15 is 0 Å². The molecular weight excluding hydrogens is 380 g/mol. The average molecular weight is 401 g/mol. The standard InChI is InChI=1S/C20H21BrN2O2/c21-18-5-2-4-17(14-18)20(7-10-24-11-8-20)23-9-12-25-19-6-1-3-16(13-19)15-22/h1-6,13-14,23H,7-12H2. The first-order valence-electron chi connectivity index (χ1n) is 8.44. The van der Waals surface area contributed by atoms with Crippen molar-refractivity contribution in [2.75, 3.05) is 26.4 Å². The molecule has 1 saturated heterocycles. The average Bonchev–Trinajstić information content (AvgIpc) is 2.66. The van der Waals surface area contributed by atoms with Gasteiger partial charge in [0.1, 0.15) is 12.4 Å². The van der Waals surface area contributed by atoms with E-state index in [0.29, 0.717) is 12.2 Å². The van der Waals surface area contributed by atoms with Crippen molar-refractivity contribution in [3.05, 3.63) is 64.1 Å². The van der Waals surface area contributed by atoms with Crippen LogP contribution in [-0.2, 0) is 10.3 Å². The molecule has 1 heterocycles. The van der Waals surface area contributed by atoms with Crippen LogP contribution >= 0.6 is 15.9 Å². The van der Waals surface area contributed by atoms with Crippen molar-refractivity contribution >= 4 is 15.9 Å². The van der Waals surface area contributed by atoms with Gasteiger partial charge in [0.2, 0.25) is 0 Å². The lowest BCUT2D eigenvalue weighted by molar-refractivity contribution is 0.0352. The van der Waals surface area contributed by atoms with Gasteiger partial charge in [-0.2, -0.15) is 5.26 Å². The van der Waals surface area contributed by atoms with E-state index < -0.39 is 0 Å². The summed E-state index contributed by atoms with van der Waals surface area (Å²) in [7, 11) is 0. The second kappa shape index (κ2) is 8.48. The van der Waals surface area contributed by atoms with Gasteiger partial charge in [0.15, 0.2) is 0 Å². The summed E-state index contributed by atoms with van der Waals surface area (Å²) in [6.45, 7) is 2.78. The Hall–Kier alpha value is -1.87. The Kier molecular flexibility index (Phi) is 6.09. The van der Waals surface area contributed by atoms with Gasteiger partial charge in [0, 0.05) is 29.8 Å². The van der Waals surface area contributed by atoms with Crippen molar-refractivity contribution in [1.82, 2.24) is 5.32 Å². The molecule has 0 atom stereocenters. The number of halogens is 1. The normalized spacial score (nSPS) is 16.2. The minimum Gasteiger partial charge on any atom is -0.492 e. The molecule has 0 aromatic heterocycles. The van der Waals surface area contributed by atoms with Crippen LogP contribution < -0.4 is 10.1 Å². The summed E-state index contributed by atoms with van der Waals surface area (Å²) < 4.78 is 12.4. The maximum Gasteiger partial charge on any atom is 0.120 e. The number of hydrogen-bond donors (Lipinski definition) is 1. The van der Waals surface area contributed by atoms with E-state index in [9.17, 15) is 0 Å². The number of nitriles is 1. The number of nitrogens with one attached hydrogen (secondary N) is 1. The molecule has 25 heavy (non-hydrogen) atoms. The Balaban J connectivity index is 1.62. The third-order valence-electron chi connectivity index (χ3n) is 4.52. The summed E-state index contributed by atoms with van der Waals surface area (Å²) in [4.78, 5) is 0. The molecule has 2 aromatic rings. The van der Waals surface area contributed by atoms with Crippen LogP contribution in [0.2, 0.25) is 0 Å². The summed E-state index contributed by atoms with van der Waals surface area (Å²) in [5.41, 5.74) is 1.80. The molecule has 0 saturated carbocycles. The highest BCUT2D eigenvalue weighted by molar-refractivity contribution is 9.10. The maximum atomic E-state index is 8.95. The quantitative estimate of drug-likeness (QED) is 0.744. The summed E-state index contributed by atoms with van der Waals surface area (Å²) in [5, 5.41) is 12.6. The highest BCUT2D eigenvalue weighted by Gasteiger charge is 2.33. The first kappa shape index (κ1) is 17.9. The summed E-state index contributed by atoms with van der Waals surface area (Å²) >= 11 is 3.57. The lowest BCUT2D eigenvalue weighted by Crippen LogP contribution is -2.48. The Morgan fingerprint density at radius 1 is 1.16 bits per heavy atom. The van der Waals surface area contributed by atoms with Crippen molar-refractivity contribution in [3.8, 4) is 11.8 Å². The van der Waals surface area contributed by atoms with Crippen molar-refractivity contribution in [1.29, 1.82) is 5.26 Å². The fourth-order valence-corrected chi connectivity index (χ4v) is 3.59. The zero-order valence-corrected chi connectivity index (χ0v) is 15.6. The molecular formula is C20H21BrN2O2. The van der Waals surface area contributed by atoms with E-state index in [-0.39, 0.29) is 5.54 Å². The number of hydrogen-bond acceptors (Lipinski definition) is 4. The van der Waals surface area contributed by atoms with Gasteiger partial charge in [-0.15, -0.1) is 0 Å². The van der Waals surface area contributed by atoms with E-state index in [1.54, 1.807) is 12.1 Å². The fraction of sp³-hybridized carbons (Fsp3) is 0.350. The monoisotopic (exact) mass is 400 g/mol. The number of ether oxygens (including phenoxy) is 2. The summed E-state index contributed by atoms with van der Waals surface area (Å²) in [6.07, 6.45) is 1.88. The van der Waals surface area contributed by atoms with Crippen molar-refractivity contribution in [2.24, 2.45) is 0 Å². The SMILES string of the molecule is N#Cc1cccc(OCCNC2(c3cccc(Br)c3)CCOCC2)c1. The Bertz CT molecular complexity index is 751. The smallest absolute Gasteiger partial charge is 0.120 e. The predicted molar refractivity (Wildman–Crippen MR) is 101 cm³/mol. The van der Waals surface area contributed by atoms with Gasteiger partial charge in [-0.25, -0.2) is 0 Å². The molecule has 1 N–H and O–H groups in total. The Morgan fingerprint density at radius 3 is 2.72 bits per heavy atom. The Labute approximate surface area is 156 Å². The lowest BCUT2D eigenvalue weighted by atomic mass is 9.82. The zero-order chi connectivity index (χ0) is 17.5. The van der Waals surface area contributed by atoms with E-state index in [1.165, 1.54) is 5.56 Å². The maximum absolute atomic E-state index is 8.95. The van der Waals surface area contributed by atoms with E-state index in [4.69, 9.17) is 14.7 Å². The second-order valence-corrected chi connectivity index (χ2v) is 7.04. The molecule has 1 fully saturated rings. The molecule has 1 aliphatic rings. The van der Waals surface area contributed by atoms with Gasteiger partial charge < -0.3 is 14.8 Å². The van der Waals surface area contributed by atoms with Gasteiger partial charge in [0.05, 0.1) is 11.6 Å². The van der Waals surface area contributed by atoms with Gasteiger partial charge >= 0.3 is 0 Å². The van der Waals surface area contributed by atoms with Crippen LogP contribution in [0.1, 0.15) is 24.0 Å². The molecule has 0 radical (unpaired) electrons. The molecule has 130 valence electrons. The van der Waals surface area contributed by atoms with E-state index in [1.807, 2.05) is 18.2 Å². The largest absolute Gasteiger partial charge is 0.492 e. The fourth-order valence-electron chi connectivity index (χ4n) is 3.19. The third kappa shape index (κ3) is 4.60. The van der Waals surface area contributed by atoms with Crippen LogP contribution in [0, 0.1) is 11.3 Å². The molecule has 3 rings (SSSR count). The van der Waals surface area contributed by atoms with Gasteiger partial charge in [-0.3, -0.25) is 0 Å². The molecule has 0 spiro atoms. The number of nitrogens with zero attached hydrogens (tertiary/aromatic N) is 1. The van der Waals surface area contributed by atoms with Crippen LogP contribution in [0.4, 0.5) is 0 Å². The lowest BCUT2D eigenvalue weighted by Gasteiger charge is -2.39.